The van der Waals surface area contributed by atoms with Crippen LogP contribution in [0.25, 0.3) is 0 Å². The van der Waals surface area contributed by atoms with Gasteiger partial charge < -0.3 is 30.4 Å². The molecule has 0 aliphatic carbocycles. The number of alkyl halides is 3. The summed E-state index contributed by atoms with van der Waals surface area (Å²) in [4.78, 5) is 39.9. The summed E-state index contributed by atoms with van der Waals surface area (Å²) in [7, 11) is -2.06. The molecule has 2 amide bonds. The molecule has 2 fully saturated rings. The third-order valence-electron chi connectivity index (χ3n) is 6.72. The number of carbonyl (C=O) groups is 3. The van der Waals surface area contributed by atoms with Crippen LogP contribution in [-0.4, -0.2) is 107 Å². The fourth-order valence-corrected chi connectivity index (χ4v) is 5.78. The number of nitrogens with one attached hydrogen (secondary N) is 3. The summed E-state index contributed by atoms with van der Waals surface area (Å²) < 4.78 is 61.7. The molecule has 4 rings (SSSR count). The summed E-state index contributed by atoms with van der Waals surface area (Å²) in [6.07, 6.45) is -5.08. The summed E-state index contributed by atoms with van der Waals surface area (Å²) in [5, 5.41) is 13.0. The van der Waals surface area contributed by atoms with Gasteiger partial charge in [-0.15, -0.1) is 0 Å². The second kappa shape index (κ2) is 14.1. The average Bonchev–Trinajstić information content (AvgIpc) is 2.94. The van der Waals surface area contributed by atoms with Crippen LogP contribution in [0.2, 0.25) is 0 Å². The van der Waals surface area contributed by atoms with E-state index in [2.05, 4.69) is 25.2 Å². The number of hydrogen-bond acceptors (Lipinski definition) is 8. The van der Waals surface area contributed by atoms with Gasteiger partial charge >= 0.3 is 12.1 Å². The van der Waals surface area contributed by atoms with Crippen molar-refractivity contribution in [2.45, 2.75) is 24.9 Å². The normalized spacial score (nSPS) is 16.1. The van der Waals surface area contributed by atoms with E-state index in [4.69, 9.17) is 9.90 Å². The lowest BCUT2D eigenvalue weighted by atomic mass is 10.1. The maximum atomic E-state index is 13.6. The second-order valence-electron chi connectivity index (χ2n) is 10.2. The van der Waals surface area contributed by atoms with E-state index in [9.17, 15) is 31.2 Å². The maximum Gasteiger partial charge on any atom is 0.490 e. The monoisotopic (exact) mass is 628 g/mol. The Morgan fingerprint density at radius 2 is 1.53 bits per heavy atom. The van der Waals surface area contributed by atoms with E-state index in [0.717, 1.165) is 31.7 Å². The van der Waals surface area contributed by atoms with Crippen LogP contribution in [-0.2, 0) is 19.6 Å². The van der Waals surface area contributed by atoms with Crippen LogP contribution in [0.4, 0.5) is 30.2 Å². The van der Waals surface area contributed by atoms with Gasteiger partial charge in [-0.05, 0) is 49.9 Å². The number of carboxylic acids is 1. The third-order valence-corrected chi connectivity index (χ3v) is 8.12. The van der Waals surface area contributed by atoms with E-state index < -0.39 is 22.2 Å². The Bertz CT molecular complexity index is 1440. The number of anilines is 3. The van der Waals surface area contributed by atoms with E-state index >= 15 is 0 Å². The summed E-state index contributed by atoms with van der Waals surface area (Å²) in [6, 6.07) is 10.1. The maximum absolute atomic E-state index is 13.6. The van der Waals surface area contributed by atoms with Crippen molar-refractivity contribution in [1.29, 1.82) is 0 Å². The van der Waals surface area contributed by atoms with Crippen molar-refractivity contribution in [3.8, 4) is 0 Å². The number of carbonyl (C=O) groups excluding carboxylic acids is 2. The van der Waals surface area contributed by atoms with E-state index in [0.29, 0.717) is 43.1 Å². The summed E-state index contributed by atoms with van der Waals surface area (Å²) in [5.74, 6) is -3.24. The molecule has 4 N–H and O–H groups in total. The number of nitrogens with zero attached hydrogens (tertiary/aromatic N) is 3. The molecule has 0 atom stereocenters. The molecule has 2 aromatic rings. The Kier molecular flexibility index (Phi) is 11.0. The Morgan fingerprint density at radius 3 is 2.09 bits per heavy atom. The minimum absolute atomic E-state index is 0.0280. The van der Waals surface area contributed by atoms with Gasteiger partial charge in [-0.25, -0.2) is 13.2 Å². The summed E-state index contributed by atoms with van der Waals surface area (Å²) >= 11 is 0. The quantitative estimate of drug-likeness (QED) is 0.377. The fraction of sp³-hybridized carbons (Fsp3) is 0.444. The standard InChI is InChI=1S/C25H34N6O4S.C2HF3O2/c1-18-4-6-21(27-19(2)32)24(16-18)36(34,35)28-22-17-20(25(33)31-14-12-29(3)13-15-31)5-7-23(22)30-10-8-26-9-11-30;3-2(4,5)1(6)7/h4-7,16-17,26,28H,8-15H2,1-3H3,(H,27,32);(H,6,7). The molecule has 0 spiro atoms. The molecule has 0 bridgehead atoms. The summed E-state index contributed by atoms with van der Waals surface area (Å²) in [6.45, 7) is 8.94. The predicted molar refractivity (Wildman–Crippen MR) is 155 cm³/mol. The molecule has 16 heteroatoms. The first-order valence-electron chi connectivity index (χ1n) is 13.4. The van der Waals surface area contributed by atoms with Crippen LogP contribution in [0.15, 0.2) is 41.3 Å². The molecule has 236 valence electrons. The van der Waals surface area contributed by atoms with Gasteiger partial charge in [0.15, 0.2) is 0 Å². The number of likely N-dealkylation sites (N-methyl/N-ethyl adjacent to an activating group) is 1. The van der Waals surface area contributed by atoms with Gasteiger partial charge in [0.25, 0.3) is 15.9 Å². The minimum atomic E-state index is -5.08. The molecular weight excluding hydrogens is 593 g/mol. The van der Waals surface area contributed by atoms with Crippen molar-refractivity contribution < 1.29 is 41.1 Å². The number of aryl methyl sites for hydroxylation is 1. The number of benzene rings is 2. The number of aliphatic carboxylic acids is 1. The van der Waals surface area contributed by atoms with Gasteiger partial charge in [-0.2, -0.15) is 13.2 Å². The molecule has 0 unspecified atom stereocenters. The largest absolute Gasteiger partial charge is 0.490 e. The molecule has 0 radical (unpaired) electrons. The van der Waals surface area contributed by atoms with E-state index in [-0.39, 0.29) is 22.4 Å². The Hall–Kier alpha value is -3.89. The highest BCUT2D eigenvalue weighted by atomic mass is 32.2. The zero-order valence-corrected chi connectivity index (χ0v) is 24.8. The highest BCUT2D eigenvalue weighted by Gasteiger charge is 2.38. The van der Waals surface area contributed by atoms with Crippen molar-refractivity contribution >= 4 is 44.9 Å². The highest BCUT2D eigenvalue weighted by Crippen LogP contribution is 2.32. The Balaban J connectivity index is 0.000000646. The van der Waals surface area contributed by atoms with E-state index in [1.54, 1.807) is 36.1 Å². The first-order valence-corrected chi connectivity index (χ1v) is 14.9. The lowest BCUT2D eigenvalue weighted by Gasteiger charge is -2.33. The molecule has 12 nitrogen and oxygen atoms in total. The van der Waals surface area contributed by atoms with Crippen LogP contribution in [0.1, 0.15) is 22.8 Å². The summed E-state index contributed by atoms with van der Waals surface area (Å²) in [5.41, 5.74) is 2.43. The van der Waals surface area contributed by atoms with E-state index in [1.165, 1.54) is 13.0 Å². The zero-order valence-electron chi connectivity index (χ0n) is 24.0. The number of sulfonamides is 1. The molecule has 2 aromatic carbocycles. The number of piperazine rings is 2. The number of carboxylic acid groups (broad SMARTS) is 1. The molecule has 2 aliphatic heterocycles. The zero-order chi connectivity index (χ0) is 31.9. The lowest BCUT2D eigenvalue weighted by molar-refractivity contribution is -0.192. The van der Waals surface area contributed by atoms with Crippen LogP contribution in [0, 0.1) is 6.92 Å². The van der Waals surface area contributed by atoms with Gasteiger partial charge in [-0.3, -0.25) is 14.3 Å². The Labute approximate surface area is 247 Å². The molecule has 2 aliphatic rings. The van der Waals surface area contributed by atoms with Crippen molar-refractivity contribution in [1.82, 2.24) is 15.1 Å². The van der Waals surface area contributed by atoms with E-state index in [1.807, 2.05) is 13.1 Å². The average molecular weight is 629 g/mol. The highest BCUT2D eigenvalue weighted by molar-refractivity contribution is 7.93. The van der Waals surface area contributed by atoms with Gasteiger partial charge in [0.05, 0.1) is 17.1 Å². The topological polar surface area (TPSA) is 151 Å². The lowest BCUT2D eigenvalue weighted by Crippen LogP contribution is -2.47. The molecule has 0 saturated carbocycles. The first kappa shape index (κ1) is 33.6. The molecule has 0 aromatic heterocycles. The van der Waals surface area contributed by atoms with Gasteiger partial charge in [0.2, 0.25) is 5.91 Å². The van der Waals surface area contributed by atoms with Crippen molar-refractivity contribution in [2.75, 3.05) is 74.3 Å². The molecule has 2 saturated heterocycles. The van der Waals surface area contributed by atoms with Gasteiger partial charge in [-0.1, -0.05) is 6.07 Å². The van der Waals surface area contributed by atoms with Crippen molar-refractivity contribution in [3.05, 3.63) is 47.5 Å². The smallest absolute Gasteiger partial charge is 0.475 e. The SMILES string of the molecule is CC(=O)Nc1ccc(C)cc1S(=O)(=O)Nc1cc(C(=O)N2CCN(C)CC2)ccc1N1CCNCC1.O=C(O)C(F)(F)F. The second-order valence-corrected chi connectivity index (χ2v) is 11.8. The predicted octanol–water partition coefficient (Wildman–Crippen LogP) is 2.18. The minimum Gasteiger partial charge on any atom is -0.475 e. The van der Waals surface area contributed by atoms with Crippen LogP contribution in [0.5, 0.6) is 0 Å². The van der Waals surface area contributed by atoms with Crippen molar-refractivity contribution in [2.24, 2.45) is 0 Å². The first-order chi connectivity index (χ1) is 20.1. The van der Waals surface area contributed by atoms with Gasteiger partial charge in [0, 0.05) is 64.8 Å². The molecule has 2 heterocycles. The number of halogens is 3. The number of amides is 2. The molecular formula is C27H35F3N6O6S. The third kappa shape index (κ3) is 9.30. The van der Waals surface area contributed by atoms with Crippen LogP contribution in [0.3, 0.4) is 0 Å². The Morgan fingerprint density at radius 1 is 0.930 bits per heavy atom. The number of hydrogen-bond donors (Lipinski definition) is 4. The van der Waals surface area contributed by atoms with Crippen LogP contribution < -0.4 is 20.3 Å². The van der Waals surface area contributed by atoms with Crippen LogP contribution >= 0.6 is 0 Å². The number of rotatable bonds is 6. The fourth-order valence-electron chi connectivity index (χ4n) is 4.47. The van der Waals surface area contributed by atoms with Crippen molar-refractivity contribution in [3.63, 3.8) is 0 Å². The van der Waals surface area contributed by atoms with Gasteiger partial charge in [0.1, 0.15) is 4.90 Å². The molecule has 43 heavy (non-hydrogen) atoms.